The fourth-order valence-corrected chi connectivity index (χ4v) is 9.90. The zero-order chi connectivity index (χ0) is 50.6. The molecule has 0 heterocycles. The molecule has 0 saturated heterocycles. The van der Waals surface area contributed by atoms with E-state index in [1.807, 2.05) is 27.2 Å². The lowest BCUT2D eigenvalue weighted by Gasteiger charge is -2.29. The smallest absolute Gasteiger partial charge is 0.268 e. The van der Waals surface area contributed by atoms with Gasteiger partial charge in [-0.15, -0.1) is 0 Å². The normalized spacial score (nSPS) is 14.0. The highest BCUT2D eigenvalue weighted by Gasteiger charge is 2.23. The largest absolute Gasteiger partial charge is 0.756 e. The fraction of sp³-hybridized carbons (Fsp3) is 0.917. The molecular formula is C60H119N2O6P. The van der Waals surface area contributed by atoms with Crippen LogP contribution >= 0.6 is 7.82 Å². The summed E-state index contributed by atoms with van der Waals surface area (Å²) in [5, 5.41) is 13.7. The highest BCUT2D eigenvalue weighted by molar-refractivity contribution is 7.45. The van der Waals surface area contributed by atoms with Crippen LogP contribution in [-0.2, 0) is 18.4 Å². The van der Waals surface area contributed by atoms with Gasteiger partial charge in [0.25, 0.3) is 7.82 Å². The molecule has 2 N–H and O–H groups in total. The SMILES string of the molecule is CCCCC/C=C/CC/C=C/C(O)C(COP(=O)([O-])OCC[N+](C)(C)C)NC(=O)CCCCCCCCCCCCCCCCCCCCCCCCCCCCCCCCCCCCCCCC. The lowest BCUT2D eigenvalue weighted by molar-refractivity contribution is -0.870. The van der Waals surface area contributed by atoms with E-state index in [0.29, 0.717) is 17.4 Å². The number of hydrogen-bond acceptors (Lipinski definition) is 6. The maximum absolute atomic E-state index is 12.9. The van der Waals surface area contributed by atoms with Gasteiger partial charge >= 0.3 is 0 Å². The summed E-state index contributed by atoms with van der Waals surface area (Å²) in [5.41, 5.74) is 0. The lowest BCUT2D eigenvalue weighted by atomic mass is 10.0. The van der Waals surface area contributed by atoms with Crippen molar-refractivity contribution in [3.8, 4) is 0 Å². The first-order valence-electron chi connectivity index (χ1n) is 30.2. The first kappa shape index (κ1) is 68.0. The van der Waals surface area contributed by atoms with Crippen molar-refractivity contribution < 1.29 is 32.9 Å². The number of likely N-dealkylation sites (N-methyl/N-ethyl adjacent to an activating group) is 1. The zero-order valence-corrected chi connectivity index (χ0v) is 47.7. The van der Waals surface area contributed by atoms with Gasteiger partial charge in [0.15, 0.2) is 0 Å². The van der Waals surface area contributed by atoms with Gasteiger partial charge in [0, 0.05) is 6.42 Å². The average molecular weight is 996 g/mol. The quantitative estimate of drug-likeness (QED) is 0.0272. The number of nitrogens with one attached hydrogen (secondary N) is 1. The molecule has 0 aromatic carbocycles. The molecule has 0 aromatic rings. The molecule has 0 rings (SSSR count). The number of carbonyl (C=O) groups is 1. The summed E-state index contributed by atoms with van der Waals surface area (Å²) < 4.78 is 23.2. The monoisotopic (exact) mass is 995 g/mol. The maximum atomic E-state index is 12.9. The third-order valence-corrected chi connectivity index (χ3v) is 14.9. The van der Waals surface area contributed by atoms with Crippen LogP contribution in [0.1, 0.15) is 303 Å². The average Bonchev–Trinajstić information content (AvgIpc) is 3.31. The van der Waals surface area contributed by atoms with Gasteiger partial charge in [-0.1, -0.05) is 289 Å². The van der Waals surface area contributed by atoms with Gasteiger partial charge in [0.2, 0.25) is 5.91 Å². The van der Waals surface area contributed by atoms with Gasteiger partial charge in [-0.3, -0.25) is 9.36 Å². The second-order valence-electron chi connectivity index (χ2n) is 22.1. The Labute approximate surface area is 430 Å². The van der Waals surface area contributed by atoms with Crippen LogP contribution in [0.3, 0.4) is 0 Å². The third-order valence-electron chi connectivity index (χ3n) is 13.9. The molecule has 1 amide bonds. The number of rotatable bonds is 56. The van der Waals surface area contributed by atoms with Crippen LogP contribution in [0.15, 0.2) is 24.3 Å². The van der Waals surface area contributed by atoms with Crippen molar-refractivity contribution in [1.82, 2.24) is 5.32 Å². The van der Waals surface area contributed by atoms with Crippen molar-refractivity contribution in [3.05, 3.63) is 24.3 Å². The van der Waals surface area contributed by atoms with Crippen LogP contribution in [0.4, 0.5) is 0 Å². The minimum atomic E-state index is -4.59. The summed E-state index contributed by atoms with van der Waals surface area (Å²) in [4.78, 5) is 25.3. The fourth-order valence-electron chi connectivity index (χ4n) is 9.17. The summed E-state index contributed by atoms with van der Waals surface area (Å²) in [7, 11) is 1.25. The van der Waals surface area contributed by atoms with Crippen LogP contribution in [0.5, 0.6) is 0 Å². The van der Waals surface area contributed by atoms with Crippen molar-refractivity contribution in [3.63, 3.8) is 0 Å². The van der Waals surface area contributed by atoms with Gasteiger partial charge in [-0.05, 0) is 32.1 Å². The summed E-state index contributed by atoms with van der Waals surface area (Å²) in [6.07, 6.45) is 66.1. The predicted molar refractivity (Wildman–Crippen MR) is 298 cm³/mol. The molecule has 69 heavy (non-hydrogen) atoms. The maximum Gasteiger partial charge on any atom is 0.268 e. The molecule has 3 atom stereocenters. The van der Waals surface area contributed by atoms with Gasteiger partial charge in [-0.2, -0.15) is 0 Å². The van der Waals surface area contributed by atoms with Gasteiger partial charge < -0.3 is 28.8 Å². The van der Waals surface area contributed by atoms with Crippen molar-refractivity contribution >= 4 is 13.7 Å². The summed E-state index contributed by atoms with van der Waals surface area (Å²) in [5.74, 6) is -0.204. The number of amides is 1. The molecule has 0 aliphatic rings. The summed E-state index contributed by atoms with van der Waals surface area (Å²) in [6, 6.07) is -0.898. The highest BCUT2D eigenvalue weighted by atomic mass is 31.2. The molecule has 410 valence electrons. The van der Waals surface area contributed by atoms with Crippen molar-refractivity contribution in [1.29, 1.82) is 0 Å². The van der Waals surface area contributed by atoms with E-state index < -0.39 is 20.0 Å². The standard InChI is InChI=1S/C60H119N2O6P/c1-6-8-10-12-14-16-17-18-19-20-21-22-23-24-25-26-27-28-29-30-31-32-33-34-35-36-37-38-39-40-41-42-43-44-46-48-50-52-54-60(64)61-58(57-68-69(65,66)67-56-55-62(3,4)5)59(63)53-51-49-47-45-15-13-11-9-7-2/h15,45,51,53,58-59,63H,6-14,16-44,46-50,52,54-57H2,1-5H3,(H-,61,64,65,66)/b45-15+,53-51+. The molecule has 9 heteroatoms. The summed E-state index contributed by atoms with van der Waals surface area (Å²) in [6.45, 7) is 4.60. The first-order chi connectivity index (χ1) is 33.5. The topological polar surface area (TPSA) is 108 Å². The van der Waals surface area contributed by atoms with E-state index in [2.05, 4.69) is 31.3 Å². The van der Waals surface area contributed by atoms with Crippen LogP contribution in [0.25, 0.3) is 0 Å². The van der Waals surface area contributed by atoms with E-state index in [9.17, 15) is 19.4 Å². The second-order valence-corrected chi connectivity index (χ2v) is 23.5. The third kappa shape index (κ3) is 54.6. The molecule has 8 nitrogen and oxygen atoms in total. The lowest BCUT2D eigenvalue weighted by Crippen LogP contribution is -2.45. The van der Waals surface area contributed by atoms with E-state index in [1.165, 1.54) is 244 Å². The Kier molecular flexibility index (Phi) is 51.1. The Hall–Kier alpha value is -1.02. The number of hydrogen-bond donors (Lipinski definition) is 2. The molecule has 0 saturated carbocycles. The Bertz CT molecular complexity index is 1170. The molecule has 0 aliphatic heterocycles. The Morgan fingerprint density at radius 2 is 0.812 bits per heavy atom. The first-order valence-corrected chi connectivity index (χ1v) is 31.7. The van der Waals surface area contributed by atoms with Gasteiger partial charge in [0.05, 0.1) is 39.9 Å². The Morgan fingerprint density at radius 1 is 0.493 bits per heavy atom. The second kappa shape index (κ2) is 51.9. The molecule has 0 fully saturated rings. The van der Waals surface area contributed by atoms with Crippen molar-refractivity contribution in [2.75, 3.05) is 40.9 Å². The number of carbonyl (C=O) groups excluding carboxylic acids is 1. The Balaban J connectivity index is 3.77. The number of aliphatic hydroxyl groups excluding tert-OH is 1. The van der Waals surface area contributed by atoms with Crippen molar-refractivity contribution in [2.45, 2.75) is 315 Å². The van der Waals surface area contributed by atoms with Gasteiger partial charge in [0.1, 0.15) is 13.2 Å². The number of quaternary nitrogens is 1. The number of unbranched alkanes of at least 4 members (excludes halogenated alkanes) is 41. The number of aliphatic hydroxyl groups is 1. The minimum absolute atomic E-state index is 0.00446. The van der Waals surface area contributed by atoms with E-state index in [0.717, 1.165) is 38.5 Å². The van der Waals surface area contributed by atoms with E-state index >= 15 is 0 Å². The number of nitrogens with zero attached hydrogens (tertiary/aromatic N) is 1. The predicted octanol–water partition coefficient (Wildman–Crippen LogP) is 17.7. The van der Waals surface area contributed by atoms with E-state index in [4.69, 9.17) is 9.05 Å². The Morgan fingerprint density at radius 3 is 1.17 bits per heavy atom. The number of phosphoric acid groups is 1. The van der Waals surface area contributed by atoms with Crippen molar-refractivity contribution in [2.24, 2.45) is 0 Å². The molecule has 0 radical (unpaired) electrons. The van der Waals surface area contributed by atoms with Crippen LogP contribution in [0, 0.1) is 0 Å². The molecule has 0 spiro atoms. The molecule has 0 bridgehead atoms. The minimum Gasteiger partial charge on any atom is -0.756 e. The van der Waals surface area contributed by atoms with Crippen LogP contribution < -0.4 is 10.2 Å². The molecule has 0 aromatic heterocycles. The van der Waals surface area contributed by atoms with E-state index in [1.54, 1.807) is 6.08 Å². The number of phosphoric ester groups is 1. The summed E-state index contributed by atoms with van der Waals surface area (Å²) >= 11 is 0. The van der Waals surface area contributed by atoms with Crippen LogP contribution in [0.2, 0.25) is 0 Å². The van der Waals surface area contributed by atoms with E-state index in [-0.39, 0.29) is 19.1 Å². The highest BCUT2D eigenvalue weighted by Crippen LogP contribution is 2.38. The van der Waals surface area contributed by atoms with Crippen LogP contribution in [-0.4, -0.2) is 68.5 Å². The van der Waals surface area contributed by atoms with Gasteiger partial charge in [-0.25, -0.2) is 0 Å². The number of allylic oxidation sites excluding steroid dienone is 3. The molecule has 3 unspecified atom stereocenters. The molecule has 0 aliphatic carbocycles. The molecular weight excluding hydrogens is 876 g/mol. The zero-order valence-electron chi connectivity index (χ0n) is 46.8.